The van der Waals surface area contributed by atoms with Crippen LogP contribution in [0, 0.1) is 0 Å². The lowest BCUT2D eigenvalue weighted by atomic mass is 10.1. The van der Waals surface area contributed by atoms with Crippen LogP contribution in [0.1, 0.15) is 27.2 Å². The van der Waals surface area contributed by atoms with Gasteiger partial charge in [-0.15, -0.1) is 0 Å². The van der Waals surface area contributed by atoms with Crippen molar-refractivity contribution in [1.82, 2.24) is 0 Å². The number of hydrogen-bond acceptors (Lipinski definition) is 3. The lowest BCUT2D eigenvalue weighted by molar-refractivity contribution is 0.370. The maximum atomic E-state index is 12.3. The summed E-state index contributed by atoms with van der Waals surface area (Å²) in [5.41, 5.74) is 0. The molecule has 1 aromatic carbocycles. The summed E-state index contributed by atoms with van der Waals surface area (Å²) in [5, 5.41) is 0. The van der Waals surface area contributed by atoms with E-state index in [0.29, 0.717) is 4.90 Å². The molecule has 18 heavy (non-hydrogen) atoms. The minimum Gasteiger partial charge on any atom is -0.424 e. The van der Waals surface area contributed by atoms with Crippen molar-refractivity contribution in [2.75, 3.05) is 0 Å². The molecule has 0 spiro atoms. The third-order valence-corrected chi connectivity index (χ3v) is 5.28. The third kappa shape index (κ3) is 4.44. The van der Waals surface area contributed by atoms with Crippen molar-refractivity contribution in [3.05, 3.63) is 24.3 Å². The van der Waals surface area contributed by atoms with Crippen molar-refractivity contribution < 1.29 is 18.5 Å². The molecule has 1 atom stereocenters. The van der Waals surface area contributed by atoms with E-state index >= 15 is 0 Å². The first-order chi connectivity index (χ1) is 8.15. The van der Waals surface area contributed by atoms with Crippen LogP contribution in [0.5, 0.6) is 5.75 Å². The van der Waals surface area contributed by atoms with Gasteiger partial charge in [0.2, 0.25) is 0 Å². The van der Waals surface area contributed by atoms with Crippen molar-refractivity contribution in [2.24, 2.45) is 0 Å². The standard InChI is InChI=1S/C11H17O4PS2/c1-4-11(2,3)18(14)10-7-5-9(6-8-10)15-16(12,13)17/h5-8H,4H2,1-3H3,(H2,12,13,17). The minimum atomic E-state index is -3.71. The van der Waals surface area contributed by atoms with Crippen molar-refractivity contribution in [2.45, 2.75) is 36.8 Å². The average molecular weight is 308 g/mol. The zero-order valence-electron chi connectivity index (χ0n) is 10.5. The van der Waals surface area contributed by atoms with Gasteiger partial charge >= 0.3 is 6.72 Å². The van der Waals surface area contributed by atoms with Gasteiger partial charge in [-0.1, -0.05) is 6.92 Å². The zero-order valence-corrected chi connectivity index (χ0v) is 13.0. The summed E-state index contributed by atoms with van der Waals surface area (Å²) in [4.78, 5) is 18.7. The first-order valence-electron chi connectivity index (χ1n) is 5.43. The Morgan fingerprint density at radius 2 is 1.83 bits per heavy atom. The van der Waals surface area contributed by atoms with E-state index < -0.39 is 17.5 Å². The van der Waals surface area contributed by atoms with Crippen LogP contribution < -0.4 is 4.52 Å². The first-order valence-corrected chi connectivity index (χ1v) is 9.20. The largest absolute Gasteiger partial charge is 0.424 e. The van der Waals surface area contributed by atoms with Gasteiger partial charge in [-0.2, -0.15) is 0 Å². The molecule has 0 radical (unpaired) electrons. The molecule has 0 saturated carbocycles. The molecule has 1 aromatic rings. The smallest absolute Gasteiger partial charge is 0.375 e. The van der Waals surface area contributed by atoms with Gasteiger partial charge in [0.1, 0.15) is 5.75 Å². The number of hydrogen-bond donors (Lipinski definition) is 2. The van der Waals surface area contributed by atoms with Crippen LogP contribution in [-0.4, -0.2) is 18.7 Å². The van der Waals surface area contributed by atoms with Crippen LogP contribution in [0.3, 0.4) is 0 Å². The summed E-state index contributed by atoms with van der Waals surface area (Å²) in [6.07, 6.45) is 0.798. The minimum absolute atomic E-state index is 0.262. The molecule has 0 fully saturated rings. The van der Waals surface area contributed by atoms with E-state index in [1.807, 2.05) is 20.8 Å². The van der Waals surface area contributed by atoms with Gasteiger partial charge in [-0.3, -0.25) is 4.21 Å². The Balaban J connectivity index is 2.90. The van der Waals surface area contributed by atoms with Crippen LogP contribution in [0.15, 0.2) is 29.2 Å². The molecule has 0 amide bonds. The van der Waals surface area contributed by atoms with E-state index in [1.165, 1.54) is 12.1 Å². The molecular formula is C11H17O4PS2. The fraction of sp³-hybridized carbons (Fsp3) is 0.455. The fourth-order valence-electron chi connectivity index (χ4n) is 1.21. The van der Waals surface area contributed by atoms with Crippen molar-refractivity contribution in [1.29, 1.82) is 0 Å². The summed E-state index contributed by atoms with van der Waals surface area (Å²) in [7, 11) is -1.12. The molecule has 7 heteroatoms. The van der Waals surface area contributed by atoms with Gasteiger partial charge in [-0.25, -0.2) is 0 Å². The first kappa shape index (κ1) is 15.8. The topological polar surface area (TPSA) is 66.8 Å². The van der Waals surface area contributed by atoms with E-state index in [1.54, 1.807) is 12.1 Å². The highest BCUT2D eigenvalue weighted by Gasteiger charge is 2.25. The summed E-state index contributed by atoms with van der Waals surface area (Å²) >= 11 is 4.37. The predicted molar refractivity (Wildman–Crippen MR) is 76.6 cm³/mol. The molecule has 102 valence electrons. The van der Waals surface area contributed by atoms with E-state index in [0.717, 1.165) is 6.42 Å². The second-order valence-corrected chi connectivity index (χ2v) is 9.14. The van der Waals surface area contributed by atoms with Gasteiger partial charge in [0.05, 0.1) is 10.8 Å². The Kier molecular flexibility index (Phi) is 5.09. The summed E-state index contributed by atoms with van der Waals surface area (Å²) < 4.78 is 16.7. The maximum Gasteiger partial charge on any atom is 0.375 e. The molecule has 0 bridgehead atoms. The van der Waals surface area contributed by atoms with E-state index in [9.17, 15) is 4.21 Å². The molecule has 0 saturated heterocycles. The molecule has 0 aromatic heterocycles. The molecule has 1 rings (SSSR count). The quantitative estimate of drug-likeness (QED) is 0.818. The van der Waals surface area contributed by atoms with E-state index in [4.69, 9.17) is 14.3 Å². The highest BCUT2D eigenvalue weighted by atomic mass is 32.5. The second kappa shape index (κ2) is 5.80. The van der Waals surface area contributed by atoms with Crippen LogP contribution in [-0.2, 0) is 22.6 Å². The predicted octanol–water partition coefficient (Wildman–Crippen LogP) is 2.57. The van der Waals surface area contributed by atoms with Gasteiger partial charge in [-0.05, 0) is 44.5 Å². The summed E-state index contributed by atoms with van der Waals surface area (Å²) in [6.45, 7) is 2.16. The van der Waals surface area contributed by atoms with Crippen molar-refractivity contribution in [3.63, 3.8) is 0 Å². The van der Waals surface area contributed by atoms with Crippen LogP contribution >= 0.6 is 6.72 Å². The molecule has 0 aliphatic carbocycles. The van der Waals surface area contributed by atoms with E-state index in [-0.39, 0.29) is 10.5 Å². The monoisotopic (exact) mass is 308 g/mol. The second-order valence-electron chi connectivity index (χ2n) is 4.44. The van der Waals surface area contributed by atoms with Gasteiger partial charge in [0.25, 0.3) is 0 Å². The molecule has 0 aliphatic heterocycles. The van der Waals surface area contributed by atoms with Crippen LogP contribution in [0.4, 0.5) is 0 Å². The highest BCUT2D eigenvalue weighted by molar-refractivity contribution is 8.06. The number of benzene rings is 1. The Morgan fingerprint density at radius 3 is 2.22 bits per heavy atom. The Bertz CT molecular complexity index is 478. The van der Waals surface area contributed by atoms with Crippen molar-refractivity contribution in [3.8, 4) is 5.75 Å². The maximum absolute atomic E-state index is 12.3. The zero-order chi connectivity index (χ0) is 14.0. The third-order valence-electron chi connectivity index (χ3n) is 2.62. The lowest BCUT2D eigenvalue weighted by Crippen LogP contribution is -2.25. The number of rotatable bonds is 5. The normalized spacial score (nSPS) is 14.3. The molecule has 1 unspecified atom stereocenters. The van der Waals surface area contributed by atoms with Crippen LogP contribution in [0.25, 0.3) is 0 Å². The molecule has 0 heterocycles. The highest BCUT2D eigenvalue weighted by Crippen LogP contribution is 2.38. The SMILES string of the molecule is CCC(C)(C)S(=O)c1ccc(OP(O)(O)=S)cc1. The molecule has 4 nitrogen and oxygen atoms in total. The van der Waals surface area contributed by atoms with Crippen LogP contribution in [0.2, 0.25) is 0 Å². The van der Waals surface area contributed by atoms with Gasteiger partial charge < -0.3 is 14.3 Å². The summed E-state index contributed by atoms with van der Waals surface area (Å²) in [6, 6.07) is 6.36. The van der Waals surface area contributed by atoms with Gasteiger partial charge in [0.15, 0.2) is 0 Å². The molecular weight excluding hydrogens is 291 g/mol. The Morgan fingerprint density at radius 1 is 1.33 bits per heavy atom. The Hall–Kier alpha value is -0.260. The summed E-state index contributed by atoms with van der Waals surface area (Å²) in [5.74, 6) is 0.262. The van der Waals surface area contributed by atoms with Crippen molar-refractivity contribution >= 4 is 29.3 Å². The molecule has 0 aliphatic rings. The van der Waals surface area contributed by atoms with E-state index in [2.05, 4.69) is 11.8 Å². The van der Waals surface area contributed by atoms with Gasteiger partial charge in [0, 0.05) is 21.4 Å². The molecule has 2 N–H and O–H groups in total. The fourth-order valence-corrected chi connectivity index (χ4v) is 3.15. The average Bonchev–Trinajstić information content (AvgIpc) is 2.27. The lowest BCUT2D eigenvalue weighted by Gasteiger charge is -2.21. The Labute approximate surface area is 115 Å².